The van der Waals surface area contributed by atoms with Gasteiger partial charge in [-0.1, -0.05) is 31.5 Å². The van der Waals surface area contributed by atoms with Crippen LogP contribution < -0.4 is 5.32 Å². The summed E-state index contributed by atoms with van der Waals surface area (Å²) in [5, 5.41) is 12.4. The highest BCUT2D eigenvalue weighted by molar-refractivity contribution is 6.32. The van der Waals surface area contributed by atoms with E-state index in [0.717, 1.165) is 12.8 Å². The predicted molar refractivity (Wildman–Crippen MR) is 87.3 cm³/mol. The van der Waals surface area contributed by atoms with Crippen LogP contribution in [0.1, 0.15) is 43.6 Å². The molecule has 0 atom stereocenters. The van der Waals surface area contributed by atoms with Gasteiger partial charge in [0.2, 0.25) is 0 Å². The van der Waals surface area contributed by atoms with Crippen molar-refractivity contribution in [1.29, 1.82) is 0 Å². The molecule has 0 radical (unpaired) electrons. The van der Waals surface area contributed by atoms with Crippen molar-refractivity contribution in [3.05, 3.63) is 35.2 Å². The molecular weight excluding hydrogens is 302 g/mol. The summed E-state index contributed by atoms with van der Waals surface area (Å²) in [6.45, 7) is 4.78. The lowest BCUT2D eigenvalue weighted by atomic mass is 9.79. The first-order valence-electron chi connectivity index (χ1n) is 7.58. The second-order valence-electron chi connectivity index (χ2n) is 5.54. The number of aliphatic hydroxyl groups excluding tert-OH is 1. The number of hydrogen-bond acceptors (Lipinski definition) is 3. The normalized spacial score (nSPS) is 11.8. The van der Waals surface area contributed by atoms with Crippen LogP contribution in [0.5, 0.6) is 0 Å². The van der Waals surface area contributed by atoms with Crippen LogP contribution in [-0.4, -0.2) is 33.6 Å². The van der Waals surface area contributed by atoms with Gasteiger partial charge in [-0.3, -0.25) is 9.20 Å². The molecule has 0 bridgehead atoms. The summed E-state index contributed by atoms with van der Waals surface area (Å²) in [6.07, 6.45) is 4.22. The number of aromatic nitrogens is 2. The molecule has 0 aromatic carbocycles. The first-order chi connectivity index (χ1) is 10.6. The zero-order valence-electron chi connectivity index (χ0n) is 13.0. The van der Waals surface area contributed by atoms with Crippen molar-refractivity contribution in [2.24, 2.45) is 5.41 Å². The van der Waals surface area contributed by atoms with Gasteiger partial charge in [0.05, 0.1) is 0 Å². The highest BCUT2D eigenvalue weighted by Crippen LogP contribution is 2.29. The van der Waals surface area contributed by atoms with E-state index in [2.05, 4.69) is 24.1 Å². The lowest BCUT2D eigenvalue weighted by molar-refractivity contribution is 0.0901. The number of carbonyl (C=O) groups is 1. The molecule has 0 aliphatic heterocycles. The first kappa shape index (κ1) is 16.8. The van der Waals surface area contributed by atoms with Gasteiger partial charge in [-0.25, -0.2) is 4.98 Å². The van der Waals surface area contributed by atoms with Crippen molar-refractivity contribution in [3.8, 4) is 0 Å². The molecular formula is C16H22ClN3O2. The third-order valence-corrected chi connectivity index (χ3v) is 4.73. The van der Waals surface area contributed by atoms with Gasteiger partial charge in [0.1, 0.15) is 5.65 Å². The monoisotopic (exact) mass is 323 g/mol. The maximum Gasteiger partial charge on any atom is 0.271 e. The largest absolute Gasteiger partial charge is 0.396 e. The second-order valence-corrected chi connectivity index (χ2v) is 5.90. The Kier molecular flexibility index (Phi) is 5.42. The lowest BCUT2D eigenvalue weighted by Crippen LogP contribution is -2.38. The topological polar surface area (TPSA) is 66.6 Å². The minimum absolute atomic E-state index is 0.0859. The van der Waals surface area contributed by atoms with Gasteiger partial charge in [-0.2, -0.15) is 0 Å². The number of nitrogens with zero attached hydrogens (tertiary/aromatic N) is 2. The minimum atomic E-state index is -0.243. The SMILES string of the molecule is CCC(CC)(CCO)CNC(=O)c1c(Cl)nc2ccccn12. The van der Waals surface area contributed by atoms with Gasteiger partial charge in [0.25, 0.3) is 5.91 Å². The zero-order valence-corrected chi connectivity index (χ0v) is 13.7. The van der Waals surface area contributed by atoms with E-state index in [1.165, 1.54) is 0 Å². The van der Waals surface area contributed by atoms with Crippen molar-refractivity contribution in [2.45, 2.75) is 33.1 Å². The summed E-state index contributed by atoms with van der Waals surface area (Å²) in [4.78, 5) is 16.7. The van der Waals surface area contributed by atoms with Crippen LogP contribution in [0.15, 0.2) is 24.4 Å². The van der Waals surface area contributed by atoms with Crippen molar-refractivity contribution in [3.63, 3.8) is 0 Å². The van der Waals surface area contributed by atoms with Gasteiger partial charge in [0, 0.05) is 19.3 Å². The quantitative estimate of drug-likeness (QED) is 0.823. The highest BCUT2D eigenvalue weighted by atomic mass is 35.5. The van der Waals surface area contributed by atoms with Gasteiger partial charge in [-0.05, 0) is 36.8 Å². The number of halogens is 1. The number of amides is 1. The standard InChI is InChI=1S/C16H22ClN3O2/c1-3-16(4-2,8-10-21)11-18-15(22)13-14(17)19-12-7-5-6-9-20(12)13/h5-7,9,21H,3-4,8,10-11H2,1-2H3,(H,18,22). The van der Waals surface area contributed by atoms with Crippen molar-refractivity contribution >= 4 is 23.2 Å². The molecule has 0 saturated carbocycles. The average molecular weight is 324 g/mol. The van der Waals surface area contributed by atoms with Crippen LogP contribution in [0.4, 0.5) is 0 Å². The Morgan fingerprint density at radius 2 is 2.14 bits per heavy atom. The van der Waals surface area contributed by atoms with Gasteiger partial charge >= 0.3 is 0 Å². The Labute approximate surface area is 135 Å². The molecule has 2 aromatic rings. The van der Waals surface area contributed by atoms with Crippen LogP contribution in [0.3, 0.4) is 0 Å². The highest BCUT2D eigenvalue weighted by Gasteiger charge is 2.27. The molecule has 6 heteroatoms. The average Bonchev–Trinajstić information content (AvgIpc) is 2.87. The fraction of sp³-hybridized carbons (Fsp3) is 0.500. The number of imidazole rings is 1. The van der Waals surface area contributed by atoms with Gasteiger partial charge in [-0.15, -0.1) is 0 Å². The molecule has 0 spiro atoms. The molecule has 120 valence electrons. The van der Waals surface area contributed by atoms with E-state index in [4.69, 9.17) is 11.6 Å². The maximum atomic E-state index is 12.5. The number of nitrogens with one attached hydrogen (secondary N) is 1. The van der Waals surface area contributed by atoms with E-state index in [1.54, 1.807) is 16.7 Å². The molecule has 22 heavy (non-hydrogen) atoms. The van der Waals surface area contributed by atoms with Crippen LogP contribution in [0, 0.1) is 5.41 Å². The molecule has 2 rings (SSSR count). The number of rotatable bonds is 7. The zero-order chi connectivity index (χ0) is 16.2. The first-order valence-corrected chi connectivity index (χ1v) is 7.96. The summed E-state index contributed by atoms with van der Waals surface area (Å²) in [7, 11) is 0. The fourth-order valence-electron chi connectivity index (χ4n) is 2.70. The minimum Gasteiger partial charge on any atom is -0.396 e. The van der Waals surface area contributed by atoms with E-state index in [0.29, 0.717) is 24.3 Å². The molecule has 2 N–H and O–H groups in total. The molecule has 5 nitrogen and oxygen atoms in total. The molecule has 0 aliphatic rings. The maximum absolute atomic E-state index is 12.5. The van der Waals surface area contributed by atoms with Crippen molar-refractivity contribution < 1.29 is 9.90 Å². The smallest absolute Gasteiger partial charge is 0.271 e. The Hall–Kier alpha value is -1.59. The van der Waals surface area contributed by atoms with E-state index in [1.807, 2.05) is 12.1 Å². The molecule has 0 fully saturated rings. The van der Waals surface area contributed by atoms with Crippen LogP contribution in [0.2, 0.25) is 5.15 Å². The molecule has 2 aromatic heterocycles. The van der Waals surface area contributed by atoms with Crippen molar-refractivity contribution in [2.75, 3.05) is 13.2 Å². The van der Waals surface area contributed by atoms with Gasteiger partial charge < -0.3 is 10.4 Å². The Balaban J connectivity index is 2.19. The molecule has 0 unspecified atom stereocenters. The summed E-state index contributed by atoms with van der Waals surface area (Å²) >= 11 is 6.11. The van der Waals surface area contributed by atoms with E-state index >= 15 is 0 Å². The van der Waals surface area contributed by atoms with E-state index < -0.39 is 0 Å². The lowest BCUT2D eigenvalue weighted by Gasteiger charge is -2.31. The van der Waals surface area contributed by atoms with Crippen LogP contribution >= 0.6 is 11.6 Å². The fourth-order valence-corrected chi connectivity index (χ4v) is 2.96. The molecule has 2 heterocycles. The summed E-state index contributed by atoms with van der Waals surface area (Å²) in [5.74, 6) is -0.243. The Morgan fingerprint density at radius 1 is 1.41 bits per heavy atom. The Bertz CT molecular complexity index is 650. The Morgan fingerprint density at radius 3 is 2.77 bits per heavy atom. The molecule has 1 amide bonds. The summed E-state index contributed by atoms with van der Waals surface area (Å²) in [6, 6.07) is 5.48. The van der Waals surface area contributed by atoms with E-state index in [9.17, 15) is 9.90 Å². The number of fused-ring (bicyclic) bond motifs is 1. The number of pyridine rings is 1. The van der Waals surface area contributed by atoms with E-state index in [-0.39, 0.29) is 23.1 Å². The van der Waals surface area contributed by atoms with Gasteiger partial charge in [0.15, 0.2) is 10.8 Å². The number of aliphatic hydroxyl groups is 1. The third kappa shape index (κ3) is 3.25. The van der Waals surface area contributed by atoms with Crippen LogP contribution in [-0.2, 0) is 0 Å². The van der Waals surface area contributed by atoms with Crippen molar-refractivity contribution in [1.82, 2.24) is 14.7 Å². The summed E-state index contributed by atoms with van der Waals surface area (Å²) < 4.78 is 1.68. The predicted octanol–water partition coefficient (Wildman–Crippen LogP) is 2.91. The molecule has 0 saturated heterocycles. The molecule has 0 aliphatic carbocycles. The summed E-state index contributed by atoms with van der Waals surface area (Å²) in [5.41, 5.74) is 0.907. The number of carbonyl (C=O) groups excluding carboxylic acids is 1. The third-order valence-electron chi connectivity index (χ3n) is 4.47. The number of hydrogen-bond donors (Lipinski definition) is 2. The van der Waals surface area contributed by atoms with Crippen LogP contribution in [0.25, 0.3) is 5.65 Å². The second kappa shape index (κ2) is 7.11.